The molecular weight excluding hydrogens is 326 g/mol. The molecule has 2 rings (SSSR count). The minimum absolute atomic E-state index is 0.000305. The highest BCUT2D eigenvalue weighted by Crippen LogP contribution is 2.39. The van der Waals surface area contributed by atoms with Gasteiger partial charge >= 0.3 is 5.97 Å². The highest BCUT2D eigenvalue weighted by Gasteiger charge is 2.37. The van der Waals surface area contributed by atoms with Crippen molar-refractivity contribution in [2.75, 3.05) is 13.2 Å². The number of carbonyl (C=O) groups excluding carboxylic acids is 2. The zero-order valence-electron chi connectivity index (χ0n) is 14.6. The summed E-state index contributed by atoms with van der Waals surface area (Å²) in [4.78, 5) is 26.8. The highest BCUT2D eigenvalue weighted by atomic mass is 35.5. The monoisotopic (exact) mass is 349 g/mol. The second kappa shape index (κ2) is 7.84. The Morgan fingerprint density at radius 2 is 2.04 bits per heavy atom. The summed E-state index contributed by atoms with van der Waals surface area (Å²) in [6, 6.07) is 7.34. The molecule has 4 nitrogen and oxygen atoms in total. The molecule has 1 atom stereocenters. The summed E-state index contributed by atoms with van der Waals surface area (Å²) < 4.78 is 5.46. The molecule has 1 heterocycles. The van der Waals surface area contributed by atoms with E-state index in [0.717, 1.165) is 5.56 Å². The lowest BCUT2D eigenvalue weighted by Gasteiger charge is -2.34. The first-order valence-corrected chi connectivity index (χ1v) is 8.67. The number of benzene rings is 1. The van der Waals surface area contributed by atoms with E-state index in [-0.39, 0.29) is 30.1 Å². The standard InChI is InChI=1S/C19H24ClNO3/c1-5-21-13(4)18(19(23)24-11-12(2)3)15(10-17(21)22)14-8-6-7-9-16(14)20/h6-9,12,15H,5,10-11H2,1-4H3. The van der Waals surface area contributed by atoms with Crippen molar-refractivity contribution in [3.63, 3.8) is 0 Å². The number of hydrogen-bond acceptors (Lipinski definition) is 3. The Bertz CT molecular complexity index is 666. The van der Waals surface area contributed by atoms with Gasteiger partial charge in [0.25, 0.3) is 0 Å². The lowest BCUT2D eigenvalue weighted by atomic mass is 9.83. The van der Waals surface area contributed by atoms with Crippen molar-refractivity contribution in [2.24, 2.45) is 5.92 Å². The van der Waals surface area contributed by atoms with E-state index in [1.165, 1.54) is 0 Å². The smallest absolute Gasteiger partial charge is 0.336 e. The van der Waals surface area contributed by atoms with Crippen LogP contribution in [-0.4, -0.2) is 29.9 Å². The molecule has 0 fully saturated rings. The molecule has 1 amide bonds. The summed E-state index contributed by atoms with van der Waals surface area (Å²) in [5.74, 6) is -0.479. The fourth-order valence-electron chi connectivity index (χ4n) is 3.02. The Kier molecular flexibility index (Phi) is 6.05. The normalized spacial score (nSPS) is 18.3. The van der Waals surface area contributed by atoms with Gasteiger partial charge in [-0.2, -0.15) is 0 Å². The molecule has 5 heteroatoms. The average molecular weight is 350 g/mol. The van der Waals surface area contributed by atoms with E-state index < -0.39 is 0 Å². The number of ether oxygens (including phenoxy) is 1. The topological polar surface area (TPSA) is 46.6 Å². The molecule has 0 bridgehead atoms. The van der Waals surface area contributed by atoms with Gasteiger partial charge in [0.15, 0.2) is 0 Å². The third-order valence-corrected chi connectivity index (χ3v) is 4.53. The average Bonchev–Trinajstić information content (AvgIpc) is 2.53. The third kappa shape index (κ3) is 3.81. The molecule has 24 heavy (non-hydrogen) atoms. The molecule has 0 spiro atoms. The molecule has 0 saturated heterocycles. The van der Waals surface area contributed by atoms with Gasteiger partial charge in [0.2, 0.25) is 5.91 Å². The van der Waals surface area contributed by atoms with Crippen LogP contribution in [0.5, 0.6) is 0 Å². The molecule has 0 aromatic heterocycles. The molecule has 1 aliphatic heterocycles. The summed E-state index contributed by atoms with van der Waals surface area (Å²) in [5, 5.41) is 0.558. The van der Waals surface area contributed by atoms with E-state index in [2.05, 4.69) is 0 Å². The van der Waals surface area contributed by atoms with Gasteiger partial charge < -0.3 is 9.64 Å². The second-order valence-electron chi connectivity index (χ2n) is 6.41. The van der Waals surface area contributed by atoms with E-state index in [1.54, 1.807) is 17.9 Å². The summed E-state index contributed by atoms with van der Waals surface area (Å²) in [7, 11) is 0. The molecule has 130 valence electrons. The number of rotatable bonds is 5. The van der Waals surface area contributed by atoms with Crippen molar-refractivity contribution in [2.45, 2.75) is 40.0 Å². The molecular formula is C19H24ClNO3. The Morgan fingerprint density at radius 3 is 2.62 bits per heavy atom. The largest absolute Gasteiger partial charge is 0.462 e. The van der Waals surface area contributed by atoms with E-state index in [0.29, 0.717) is 29.4 Å². The van der Waals surface area contributed by atoms with Crippen LogP contribution in [0.25, 0.3) is 0 Å². The number of hydrogen-bond donors (Lipinski definition) is 0. The van der Waals surface area contributed by atoms with Crippen molar-refractivity contribution in [1.29, 1.82) is 0 Å². The molecule has 1 aliphatic rings. The number of esters is 1. The Hall–Kier alpha value is -1.81. The maximum absolute atomic E-state index is 12.7. The van der Waals surface area contributed by atoms with E-state index in [4.69, 9.17) is 16.3 Å². The minimum Gasteiger partial charge on any atom is -0.462 e. The maximum atomic E-state index is 12.7. The van der Waals surface area contributed by atoms with E-state index in [1.807, 2.05) is 39.0 Å². The lowest BCUT2D eigenvalue weighted by Crippen LogP contribution is -2.38. The van der Waals surface area contributed by atoms with Crippen molar-refractivity contribution < 1.29 is 14.3 Å². The fraction of sp³-hybridized carbons (Fsp3) is 0.474. The van der Waals surface area contributed by atoms with Crippen LogP contribution in [0, 0.1) is 5.92 Å². The number of halogens is 1. The number of carbonyl (C=O) groups is 2. The van der Waals surface area contributed by atoms with Crippen molar-refractivity contribution >= 4 is 23.5 Å². The van der Waals surface area contributed by atoms with Crippen LogP contribution < -0.4 is 0 Å². The maximum Gasteiger partial charge on any atom is 0.336 e. The van der Waals surface area contributed by atoms with Crippen LogP contribution in [0.2, 0.25) is 5.02 Å². The van der Waals surface area contributed by atoms with E-state index in [9.17, 15) is 9.59 Å². The molecule has 1 aromatic carbocycles. The van der Waals surface area contributed by atoms with Crippen molar-refractivity contribution in [3.05, 3.63) is 46.1 Å². The molecule has 1 unspecified atom stereocenters. The van der Waals surface area contributed by atoms with Gasteiger partial charge in [0.1, 0.15) is 0 Å². The number of amides is 1. The molecule has 0 saturated carbocycles. The second-order valence-corrected chi connectivity index (χ2v) is 6.81. The van der Waals surface area contributed by atoms with Crippen LogP contribution in [0.4, 0.5) is 0 Å². The summed E-state index contributed by atoms with van der Waals surface area (Å²) >= 11 is 6.32. The lowest BCUT2D eigenvalue weighted by molar-refractivity contribution is -0.141. The summed E-state index contributed by atoms with van der Waals surface area (Å²) in [6.45, 7) is 8.56. The van der Waals surface area contributed by atoms with Gasteiger partial charge in [0, 0.05) is 29.6 Å². The number of nitrogens with zero attached hydrogens (tertiary/aromatic N) is 1. The quantitative estimate of drug-likeness (QED) is 0.750. The first-order chi connectivity index (χ1) is 11.4. The van der Waals surface area contributed by atoms with E-state index >= 15 is 0 Å². The van der Waals surface area contributed by atoms with Crippen LogP contribution >= 0.6 is 11.6 Å². The zero-order chi connectivity index (χ0) is 17.9. The third-order valence-electron chi connectivity index (χ3n) is 4.19. The van der Waals surface area contributed by atoms with Crippen LogP contribution in [0.3, 0.4) is 0 Å². The molecule has 0 aliphatic carbocycles. The predicted octanol–water partition coefficient (Wildman–Crippen LogP) is 4.15. The minimum atomic E-state index is -0.367. The first-order valence-electron chi connectivity index (χ1n) is 8.29. The van der Waals surface area contributed by atoms with Crippen molar-refractivity contribution in [1.82, 2.24) is 4.90 Å². The van der Waals surface area contributed by atoms with Crippen LogP contribution in [0.15, 0.2) is 35.5 Å². The Labute approximate surface area is 148 Å². The molecule has 0 N–H and O–H groups in total. The zero-order valence-corrected chi connectivity index (χ0v) is 15.4. The van der Waals surface area contributed by atoms with Gasteiger partial charge in [-0.25, -0.2) is 4.79 Å². The van der Waals surface area contributed by atoms with Gasteiger partial charge in [-0.05, 0) is 31.4 Å². The SMILES string of the molecule is CCN1C(=O)CC(c2ccccc2Cl)C(C(=O)OCC(C)C)=C1C. The van der Waals surface area contributed by atoms with Crippen LogP contribution in [-0.2, 0) is 14.3 Å². The van der Waals surface area contributed by atoms with Crippen molar-refractivity contribution in [3.8, 4) is 0 Å². The molecule has 1 aromatic rings. The first kappa shape index (κ1) is 18.5. The van der Waals surface area contributed by atoms with Gasteiger partial charge in [-0.3, -0.25) is 4.79 Å². The summed E-state index contributed by atoms with van der Waals surface area (Å²) in [6.07, 6.45) is 0.223. The van der Waals surface area contributed by atoms with Gasteiger partial charge in [-0.1, -0.05) is 43.6 Å². The molecule has 0 radical (unpaired) electrons. The highest BCUT2D eigenvalue weighted by molar-refractivity contribution is 6.31. The fourth-order valence-corrected chi connectivity index (χ4v) is 3.29. The van der Waals surface area contributed by atoms with Gasteiger partial charge in [-0.15, -0.1) is 0 Å². The predicted molar refractivity (Wildman–Crippen MR) is 94.7 cm³/mol. The Morgan fingerprint density at radius 1 is 1.38 bits per heavy atom. The number of allylic oxidation sites excluding steroid dienone is 1. The van der Waals surface area contributed by atoms with Crippen LogP contribution in [0.1, 0.15) is 45.6 Å². The Balaban J connectivity index is 2.47. The van der Waals surface area contributed by atoms with Gasteiger partial charge in [0.05, 0.1) is 12.2 Å². The summed E-state index contributed by atoms with van der Waals surface area (Å²) in [5.41, 5.74) is 1.98.